The third-order valence-electron chi connectivity index (χ3n) is 11.7. The number of aromatic nitrogens is 3. The number of rotatable bonds is 9. The Morgan fingerprint density at radius 2 is 1.86 bits per heavy atom. The maximum atomic E-state index is 13.2. The van der Waals surface area contributed by atoms with Crippen molar-refractivity contribution in [2.24, 2.45) is 5.92 Å². The molecule has 49 heavy (non-hydrogen) atoms. The minimum absolute atomic E-state index is 0.193. The van der Waals surface area contributed by atoms with E-state index in [1.807, 2.05) is 11.6 Å². The number of benzene rings is 1. The van der Waals surface area contributed by atoms with E-state index in [0.717, 1.165) is 105 Å². The van der Waals surface area contributed by atoms with Crippen molar-refractivity contribution in [3.05, 3.63) is 59.8 Å². The normalized spacial score (nSPS) is 22.3. The van der Waals surface area contributed by atoms with Gasteiger partial charge in [0, 0.05) is 73.8 Å². The molecule has 3 aromatic heterocycles. The molecule has 2 unspecified atom stereocenters. The van der Waals surface area contributed by atoms with Gasteiger partial charge in [0.2, 0.25) is 0 Å². The van der Waals surface area contributed by atoms with Crippen molar-refractivity contribution in [1.82, 2.24) is 29.3 Å². The first kappa shape index (κ1) is 32.4. The molecule has 1 saturated carbocycles. The molecule has 4 aromatic rings. The van der Waals surface area contributed by atoms with Gasteiger partial charge in [0.1, 0.15) is 23.1 Å². The average molecular weight is 665 g/mol. The standard InChI is InChI=1S/C40H52N6O3/c1-26-37(42-46-24-31(22-36(48-4)38(26)46)27(2)44-17-8-10-32(25-44)41-3)34-21-30-9-7-11-33(39(30)45(34)23-28-13-14-28)29-15-18-43(19-16-29)40(47)35-12-5-6-20-49-35/h7,9,11,21-22,24,28-29,32,35,41H,2,5-6,8,10,12-20,23,25H2,1,3-4H3. The lowest BCUT2D eigenvalue weighted by molar-refractivity contribution is -0.147. The number of para-hydroxylation sites is 1. The number of hydrogen-bond donors (Lipinski definition) is 1. The van der Waals surface area contributed by atoms with Crippen molar-refractivity contribution < 1.29 is 14.3 Å². The van der Waals surface area contributed by atoms with E-state index in [0.29, 0.717) is 24.5 Å². The molecule has 6 heterocycles. The summed E-state index contributed by atoms with van der Waals surface area (Å²) in [5.74, 6) is 2.12. The third kappa shape index (κ3) is 6.14. The fraction of sp³-hybridized carbons (Fsp3) is 0.550. The van der Waals surface area contributed by atoms with Crippen LogP contribution in [-0.2, 0) is 16.1 Å². The van der Waals surface area contributed by atoms with Crippen LogP contribution < -0.4 is 10.1 Å². The molecule has 2 atom stereocenters. The van der Waals surface area contributed by atoms with Crippen LogP contribution >= 0.6 is 0 Å². The fourth-order valence-corrected chi connectivity index (χ4v) is 8.66. The van der Waals surface area contributed by atoms with E-state index < -0.39 is 0 Å². The number of pyridine rings is 1. The zero-order valence-corrected chi connectivity index (χ0v) is 29.5. The highest BCUT2D eigenvalue weighted by Gasteiger charge is 2.33. The Morgan fingerprint density at radius 3 is 2.59 bits per heavy atom. The Hall–Kier alpha value is -3.82. The Bertz CT molecular complexity index is 1860. The summed E-state index contributed by atoms with van der Waals surface area (Å²) in [6, 6.07) is 11.8. The van der Waals surface area contributed by atoms with Crippen molar-refractivity contribution in [2.75, 3.05) is 46.9 Å². The zero-order chi connectivity index (χ0) is 33.6. The van der Waals surface area contributed by atoms with Gasteiger partial charge in [0.15, 0.2) is 0 Å². The van der Waals surface area contributed by atoms with Gasteiger partial charge >= 0.3 is 0 Å². The van der Waals surface area contributed by atoms with Gasteiger partial charge in [-0.25, -0.2) is 4.52 Å². The molecule has 3 saturated heterocycles. The van der Waals surface area contributed by atoms with E-state index >= 15 is 0 Å². The SMILES string of the molecule is C=C(c1cc(OC)c2c(C)c(-c3cc4cccc(C5CCN(C(=O)C6CCCCO6)CC5)c4n3CC3CC3)nn2c1)N1CCCC(NC)C1. The van der Waals surface area contributed by atoms with Crippen LogP contribution in [-0.4, -0.2) is 89.0 Å². The van der Waals surface area contributed by atoms with Crippen molar-refractivity contribution in [3.63, 3.8) is 0 Å². The maximum Gasteiger partial charge on any atom is 0.251 e. The Labute approximate surface area is 290 Å². The zero-order valence-electron chi connectivity index (χ0n) is 29.5. The first-order chi connectivity index (χ1) is 23.9. The smallest absolute Gasteiger partial charge is 0.251 e. The molecule has 1 aliphatic carbocycles. The molecule has 8 rings (SSSR count). The Kier molecular flexibility index (Phi) is 8.91. The molecule has 1 N–H and O–H groups in total. The van der Waals surface area contributed by atoms with Crippen molar-refractivity contribution in [3.8, 4) is 17.1 Å². The summed E-state index contributed by atoms with van der Waals surface area (Å²) in [5.41, 5.74) is 9.11. The molecule has 9 heteroatoms. The molecule has 0 spiro atoms. The van der Waals surface area contributed by atoms with E-state index in [9.17, 15) is 4.79 Å². The lowest BCUT2D eigenvalue weighted by atomic mass is 9.88. The number of aryl methyl sites for hydroxylation is 1. The highest BCUT2D eigenvalue weighted by molar-refractivity contribution is 5.91. The molecule has 3 aliphatic heterocycles. The third-order valence-corrected chi connectivity index (χ3v) is 11.7. The lowest BCUT2D eigenvalue weighted by Gasteiger charge is -2.35. The Balaban J connectivity index is 1.13. The van der Waals surface area contributed by atoms with Crippen molar-refractivity contribution in [1.29, 1.82) is 0 Å². The van der Waals surface area contributed by atoms with Crippen LogP contribution in [0, 0.1) is 12.8 Å². The number of fused-ring (bicyclic) bond motifs is 2. The van der Waals surface area contributed by atoms with E-state index in [1.54, 1.807) is 7.11 Å². The first-order valence-electron chi connectivity index (χ1n) is 18.6. The number of hydrogen-bond acceptors (Lipinski definition) is 6. The van der Waals surface area contributed by atoms with E-state index in [-0.39, 0.29) is 12.0 Å². The Morgan fingerprint density at radius 1 is 1.02 bits per heavy atom. The van der Waals surface area contributed by atoms with Crippen LogP contribution in [0.4, 0.5) is 0 Å². The quantitative estimate of drug-likeness (QED) is 0.217. The van der Waals surface area contributed by atoms with Crippen LogP contribution in [0.2, 0.25) is 0 Å². The topological polar surface area (TPSA) is 76.3 Å². The number of methoxy groups -OCH3 is 1. The van der Waals surface area contributed by atoms with Gasteiger partial charge in [-0.2, -0.15) is 5.10 Å². The van der Waals surface area contributed by atoms with Crippen molar-refractivity contribution in [2.45, 2.75) is 89.3 Å². The first-order valence-corrected chi connectivity index (χ1v) is 18.6. The van der Waals surface area contributed by atoms with Gasteiger partial charge in [-0.1, -0.05) is 24.8 Å². The van der Waals surface area contributed by atoms with Gasteiger partial charge in [-0.05, 0) is 101 Å². The summed E-state index contributed by atoms with van der Waals surface area (Å²) < 4.78 is 16.5. The predicted octanol–water partition coefficient (Wildman–Crippen LogP) is 6.61. The molecule has 4 aliphatic rings. The number of nitrogens with one attached hydrogen (secondary N) is 1. The molecule has 0 radical (unpaired) electrons. The largest absolute Gasteiger partial charge is 0.494 e. The second-order valence-corrected chi connectivity index (χ2v) is 14.9. The highest BCUT2D eigenvalue weighted by atomic mass is 16.5. The molecule has 1 aromatic carbocycles. The van der Waals surface area contributed by atoms with Crippen LogP contribution in [0.3, 0.4) is 0 Å². The average Bonchev–Trinajstić information content (AvgIpc) is 3.82. The highest BCUT2D eigenvalue weighted by Crippen LogP contribution is 2.42. The molecule has 4 fully saturated rings. The number of piperidine rings is 2. The minimum Gasteiger partial charge on any atom is -0.494 e. The predicted molar refractivity (Wildman–Crippen MR) is 195 cm³/mol. The lowest BCUT2D eigenvalue weighted by Crippen LogP contribution is -2.45. The number of likely N-dealkylation sites (N-methyl/N-ethyl adjacent to an activating group) is 1. The summed E-state index contributed by atoms with van der Waals surface area (Å²) in [4.78, 5) is 17.7. The summed E-state index contributed by atoms with van der Waals surface area (Å²) in [6.07, 6.45) is 11.7. The number of ether oxygens (including phenoxy) is 2. The van der Waals surface area contributed by atoms with Crippen LogP contribution in [0.25, 0.3) is 33.5 Å². The van der Waals surface area contributed by atoms with Gasteiger partial charge in [-0.3, -0.25) is 4.79 Å². The summed E-state index contributed by atoms with van der Waals surface area (Å²) in [7, 11) is 3.80. The molecule has 260 valence electrons. The van der Waals surface area contributed by atoms with Gasteiger partial charge < -0.3 is 29.2 Å². The number of amides is 1. The summed E-state index contributed by atoms with van der Waals surface area (Å²) >= 11 is 0. The second kappa shape index (κ2) is 13.5. The number of nitrogens with zero attached hydrogens (tertiary/aromatic N) is 5. The van der Waals surface area contributed by atoms with E-state index in [2.05, 4.69) is 69.7 Å². The van der Waals surface area contributed by atoms with E-state index in [1.165, 1.54) is 41.4 Å². The molecule has 0 bridgehead atoms. The second-order valence-electron chi connectivity index (χ2n) is 14.9. The van der Waals surface area contributed by atoms with Crippen LogP contribution in [0.1, 0.15) is 80.4 Å². The fourth-order valence-electron chi connectivity index (χ4n) is 8.66. The summed E-state index contributed by atoms with van der Waals surface area (Å²) in [5, 5.41) is 10.0. The number of carbonyl (C=O) groups excluding carboxylic acids is 1. The van der Waals surface area contributed by atoms with Crippen molar-refractivity contribution >= 4 is 28.0 Å². The monoisotopic (exact) mass is 664 g/mol. The van der Waals surface area contributed by atoms with Gasteiger partial charge in [-0.15, -0.1) is 0 Å². The number of carbonyl (C=O) groups is 1. The van der Waals surface area contributed by atoms with Gasteiger partial charge in [0.05, 0.1) is 18.3 Å². The maximum absolute atomic E-state index is 13.2. The minimum atomic E-state index is -0.246. The van der Waals surface area contributed by atoms with Gasteiger partial charge in [0.25, 0.3) is 5.91 Å². The molecule has 9 nitrogen and oxygen atoms in total. The summed E-state index contributed by atoms with van der Waals surface area (Å²) in [6.45, 7) is 12.0. The molecule has 1 amide bonds. The number of likely N-dealkylation sites (tertiary alicyclic amines) is 2. The van der Waals surface area contributed by atoms with Crippen LogP contribution in [0.15, 0.2) is 43.1 Å². The van der Waals surface area contributed by atoms with E-state index in [4.69, 9.17) is 14.6 Å². The molecular weight excluding hydrogens is 612 g/mol. The molecular formula is C40H52N6O3. The van der Waals surface area contributed by atoms with Crippen LogP contribution in [0.5, 0.6) is 5.75 Å².